The molecule has 5 aromatic carbocycles. The summed E-state index contributed by atoms with van der Waals surface area (Å²) < 4.78 is 69.2. The summed E-state index contributed by atoms with van der Waals surface area (Å²) in [6, 6.07) is 39.3. The van der Waals surface area contributed by atoms with Crippen molar-refractivity contribution in [1.29, 1.82) is 0 Å². The van der Waals surface area contributed by atoms with E-state index in [0.29, 0.717) is 88.1 Å². The van der Waals surface area contributed by atoms with Crippen LogP contribution in [0.2, 0.25) is 10.0 Å². The van der Waals surface area contributed by atoms with Gasteiger partial charge in [-0.05, 0) is 162 Å². The van der Waals surface area contributed by atoms with E-state index in [1.54, 1.807) is 135 Å². The second kappa shape index (κ2) is 73.3. The molecule has 1 amide bonds. The Morgan fingerprint density at radius 1 is 0.507 bits per heavy atom. The first-order chi connectivity index (χ1) is 69.5. The number of ether oxygens (including phenoxy) is 11. The smallest absolute Gasteiger partial charge is 0.508 e. The molecule has 0 radical (unpaired) electrons. The number of pyridine rings is 2. The molecular weight excluding hydrogens is 2120 g/mol. The summed E-state index contributed by atoms with van der Waals surface area (Å²) in [5.41, 5.74) is 11.9. The van der Waals surface area contributed by atoms with Gasteiger partial charge in [0.25, 0.3) is 11.1 Å². The second-order valence-electron chi connectivity index (χ2n) is 34.6. The number of H-pyrrole nitrogens is 2. The van der Waals surface area contributed by atoms with E-state index in [1.165, 1.54) is 11.1 Å². The molecule has 7 aliphatic heterocycles. The number of carbonyl (C=O) groups is 5. The van der Waals surface area contributed by atoms with Crippen LogP contribution >= 0.6 is 92.6 Å². The molecule has 9 aromatic rings. The van der Waals surface area contributed by atoms with Crippen LogP contribution in [0.3, 0.4) is 0 Å². The van der Waals surface area contributed by atoms with E-state index in [1.807, 2.05) is 70.5 Å². The molecule has 148 heavy (non-hydrogen) atoms. The summed E-state index contributed by atoms with van der Waals surface area (Å²) in [5, 5.41) is 28.3. The van der Waals surface area contributed by atoms with Crippen LogP contribution in [0, 0.1) is 13.8 Å². The molecular formula is C101H132Cl8N13NaO24S. The van der Waals surface area contributed by atoms with Crippen molar-refractivity contribution in [2.24, 2.45) is 5.84 Å². The number of amides is 1. The summed E-state index contributed by atoms with van der Waals surface area (Å²) in [6.07, 6.45) is 6.51. The molecule has 0 bridgehead atoms. The number of aromatic amines is 2. The van der Waals surface area contributed by atoms with Crippen LogP contribution in [0.15, 0.2) is 158 Å². The van der Waals surface area contributed by atoms with Gasteiger partial charge >= 0.3 is 59.8 Å². The van der Waals surface area contributed by atoms with Gasteiger partial charge in [0, 0.05) is 196 Å². The molecule has 47 heteroatoms. The number of hydrogen-bond acceptors (Lipinski definition) is 32. The summed E-state index contributed by atoms with van der Waals surface area (Å²) >= 11 is 23.2. The van der Waals surface area contributed by atoms with Gasteiger partial charge in [-0.25, -0.2) is 18.6 Å². The van der Waals surface area contributed by atoms with Crippen LogP contribution in [0.4, 0.5) is 0 Å². The number of halogens is 8. The summed E-state index contributed by atoms with van der Waals surface area (Å²) in [5.74, 6) is 6.18. The van der Waals surface area contributed by atoms with Crippen LogP contribution < -0.4 is 59.7 Å². The largest absolute Gasteiger partial charge is 1.00 e. The van der Waals surface area contributed by atoms with Gasteiger partial charge in [-0.15, -0.1) is 36.4 Å². The third kappa shape index (κ3) is 49.6. The molecule has 11 heterocycles. The zero-order chi connectivity index (χ0) is 106. The van der Waals surface area contributed by atoms with Crippen molar-refractivity contribution in [2.75, 3.05) is 210 Å². The number of carboxylic acids is 1. The fourth-order valence-electron chi connectivity index (χ4n) is 15.0. The summed E-state index contributed by atoms with van der Waals surface area (Å²) in [4.78, 5) is 122. The second-order valence-corrected chi connectivity index (χ2v) is 38.7. The van der Waals surface area contributed by atoms with Crippen LogP contribution in [0.1, 0.15) is 120 Å². The maximum absolute atomic E-state index is 13.8. The first kappa shape index (κ1) is 133. The average molecular weight is 2250 g/mol. The Labute approximate surface area is 928 Å². The Bertz CT molecular complexity index is 5440. The van der Waals surface area contributed by atoms with Gasteiger partial charge in [0.05, 0.1) is 138 Å². The Kier molecular flexibility index (Phi) is 66.0. The molecule has 8 N–H and O–H groups in total. The fraction of sp³-hybridized carbons (Fsp3) is 0.455. The van der Waals surface area contributed by atoms with Crippen molar-refractivity contribution in [2.45, 2.75) is 92.3 Å². The molecule has 0 unspecified atom stereocenters. The number of nitrogens with zero attached hydrogens (tertiary/aromatic N) is 9. The van der Waals surface area contributed by atoms with Gasteiger partial charge in [0.2, 0.25) is 9.23 Å². The molecule has 808 valence electrons. The predicted molar refractivity (Wildman–Crippen MR) is 569 cm³/mol. The Morgan fingerprint density at radius 2 is 0.804 bits per heavy atom. The number of nitrogens with one attached hydrogen (secondary N) is 3. The van der Waals surface area contributed by atoms with Gasteiger partial charge < -0.3 is 99.1 Å². The molecule has 0 aliphatic carbocycles. The Hall–Kier alpha value is -8.98. The molecule has 0 atom stereocenters. The number of fused-ring (bicyclic) bond motifs is 6. The van der Waals surface area contributed by atoms with E-state index in [-0.39, 0.29) is 107 Å². The number of phenols is 1. The van der Waals surface area contributed by atoms with Crippen LogP contribution in [-0.4, -0.2) is 332 Å². The number of carbonyl (C=O) groups excluding carboxylic acids is 8. The molecule has 16 rings (SSSR count). The van der Waals surface area contributed by atoms with Gasteiger partial charge in [0.15, 0.2) is 0 Å². The van der Waals surface area contributed by atoms with Gasteiger partial charge in [0.1, 0.15) is 55.2 Å². The number of esters is 2. The molecule has 4 aromatic heterocycles. The number of nitrogens with two attached hydrogens (primary N) is 1. The maximum Gasteiger partial charge on any atom is 1.00 e. The summed E-state index contributed by atoms with van der Waals surface area (Å²) in [6.45, 7) is 45.6. The third-order valence-corrected chi connectivity index (χ3v) is 22.9. The van der Waals surface area contributed by atoms with Crippen LogP contribution in [-0.2, 0) is 82.0 Å². The van der Waals surface area contributed by atoms with Crippen molar-refractivity contribution in [3.05, 3.63) is 224 Å². The fourth-order valence-corrected chi connectivity index (χ4v) is 15.7. The third-order valence-electron chi connectivity index (χ3n) is 22.1. The number of aromatic nitrogens is 4. The standard InChI is InChI=1S/C30H35ClN4O5.C17H20ClN3O2.C13H16ClNO3.C13H17NO4.C13H19NO2.C7H8O.C6H12ClNO.2CO2.Cl2OS.2ClH.H3N2O.Na/c1-19(2)40-29(37)23-17-35(18-30(3,4)25-26(23)33-24-15-21(31)16-32-27(24)25)28(36)20-5-7-22(8-6-20)39-14-11-34-9-12-38-13-10-34;1-9(2)23-16(22)11-7-19-8-17(3,4)13-14(11)21-12-5-10(18)6-20-15(12)13;14-13(16)11-1-3-12(4-2-11)18-10-7-15-5-8-17-9-6-15;15-13(16)11-1-3-12(4-2-11)18-10-7-14-5-8-17-9-6-14;1-12-2-4-13(5-3-12)16-11-8-14-6-9-15-10-7-14;1-6-2-4-7(8)5-3-6;7-1-2-8-3-5-9-6-4-8;2*2-1-3;1-4(2)3;;;1-2-3;/h5-8,15-17,19,33H,9-14,18H2,1-4H3;5-7,9,19,21H,8H2,1-4H3;1-4H,5-10H2;1-4H,5-10H2,(H,15,16);2-5H,6-11H2,1H3;2-5,8H,1H3;1-6H2;;;;2*1H;3H,1H2;/q;;;;;;;;;;;;-1;+1. The number of aromatic hydroxyl groups is 1. The summed E-state index contributed by atoms with van der Waals surface area (Å²) in [7, 11) is 7.36. The minimum Gasteiger partial charge on any atom is -0.508 e. The Balaban J connectivity index is 0.000000455. The van der Waals surface area contributed by atoms with Crippen molar-refractivity contribution in [1.82, 2.24) is 54.7 Å². The molecule has 5 saturated heterocycles. The number of alkyl halides is 1. The number of rotatable bonds is 25. The van der Waals surface area contributed by atoms with Crippen molar-refractivity contribution < 1.29 is 144 Å². The molecule has 7 aliphatic rings. The van der Waals surface area contributed by atoms with Crippen molar-refractivity contribution in [3.63, 3.8) is 0 Å². The van der Waals surface area contributed by atoms with E-state index in [0.717, 1.165) is 222 Å². The molecule has 0 saturated carbocycles. The monoisotopic (exact) mass is 2250 g/mol. The number of aryl methyl sites for hydroxylation is 2. The SMILES string of the molecule is CC(C)OC(=O)C1=CN(C(=O)c2ccc(OCCN3CCOCC3)cc2)CC(C)(C)c2c1[nH]c1cc(Cl)cnc21.CC(C)OC(=O)C1=CNCC(C)(C)c2c1[nH]c1cc(Cl)cnc21.Cc1ccc(O)cc1.Cc1ccc(OCCN2CCOCC2)cc1.Cl.Cl.ClCCN1CCOCC1.N[N-]O.O=C(Cl)c1ccc(OCCN2CCOCC2)cc1.O=C(O)c1ccc(OCCN2CCOCC2)cc1.O=C=O.O=C=O.O=S(Cl)Cl.[Na+]. The minimum absolute atomic E-state index is 0. The quantitative estimate of drug-likeness (QED) is 0.00698. The minimum atomic E-state index is -1.67. The molecule has 37 nitrogen and oxygen atoms in total. The topological polar surface area (TPSA) is 462 Å². The van der Waals surface area contributed by atoms with Crippen LogP contribution in [0.5, 0.6) is 28.7 Å². The number of morpholine rings is 5. The van der Waals surface area contributed by atoms with Gasteiger partial charge in [-0.3, -0.25) is 44.1 Å². The van der Waals surface area contributed by atoms with Crippen molar-refractivity contribution in [3.8, 4) is 28.7 Å². The first-order valence-electron chi connectivity index (χ1n) is 46.6. The number of phenolic OH excluding ortho intramolecular Hbond substituents is 1. The normalized spacial score (nSPS) is 15.5. The zero-order valence-electron chi connectivity index (χ0n) is 84.8. The number of hydrogen-bond donors (Lipinski definition) is 7. The van der Waals surface area contributed by atoms with Gasteiger partial charge in [-0.1, -0.05) is 86.3 Å². The van der Waals surface area contributed by atoms with E-state index in [2.05, 4.69) is 110 Å². The molecule has 0 spiro atoms. The predicted octanol–water partition coefficient (Wildman–Crippen LogP) is 12.2. The Morgan fingerprint density at radius 3 is 1.12 bits per heavy atom. The van der Waals surface area contributed by atoms with Crippen LogP contribution in [0.25, 0.3) is 38.8 Å². The molecule has 5 fully saturated rings. The van der Waals surface area contributed by atoms with Crippen molar-refractivity contribution >= 4 is 176 Å². The maximum atomic E-state index is 13.8. The van der Waals surface area contributed by atoms with E-state index in [4.69, 9.17) is 137 Å². The number of benzene rings is 5. The zero-order valence-corrected chi connectivity index (χ0v) is 93.8. The van der Waals surface area contributed by atoms with E-state index in [9.17, 15) is 24.0 Å². The van der Waals surface area contributed by atoms with Gasteiger partial charge in [-0.2, -0.15) is 19.2 Å². The average Bonchev–Trinajstić information content (AvgIpc) is 1.59. The number of carboxylic acid groups (broad SMARTS) is 1. The van der Waals surface area contributed by atoms with E-state index >= 15 is 0 Å². The van der Waals surface area contributed by atoms with E-state index < -0.39 is 31.8 Å². The first-order valence-corrected chi connectivity index (χ1v) is 51.1. The number of aromatic carboxylic acids is 1.